The second kappa shape index (κ2) is 15.0. The van der Waals surface area contributed by atoms with Crippen LogP contribution >= 0.6 is 10.9 Å². The summed E-state index contributed by atoms with van der Waals surface area (Å²) in [5, 5.41) is 0. The van der Waals surface area contributed by atoms with E-state index in [1.165, 1.54) is 50.9 Å². The second-order valence-electron chi connectivity index (χ2n) is 15.6. The molecule has 0 aromatic heterocycles. The maximum atomic E-state index is 1.71. The quantitative estimate of drug-likeness (QED) is 0.178. The van der Waals surface area contributed by atoms with E-state index in [1.807, 2.05) is 0 Å². The van der Waals surface area contributed by atoms with Crippen LogP contribution in [0.15, 0.2) is 0 Å². The van der Waals surface area contributed by atoms with Gasteiger partial charge in [0.25, 0.3) is 0 Å². The third kappa shape index (κ3) is 6.64. The van der Waals surface area contributed by atoms with Gasteiger partial charge in [-0.2, -0.15) is 0 Å². The van der Waals surface area contributed by atoms with E-state index in [1.54, 1.807) is 193 Å². The van der Waals surface area contributed by atoms with Crippen molar-refractivity contribution in [2.45, 2.75) is 227 Å². The molecule has 0 heterocycles. The van der Waals surface area contributed by atoms with Crippen LogP contribution in [0.4, 0.5) is 0 Å². The van der Waals surface area contributed by atoms with Crippen LogP contribution in [0, 0.1) is 0 Å². The van der Waals surface area contributed by atoms with E-state index >= 15 is 0 Å². The Hall–Kier alpha value is 1.52. The van der Waals surface area contributed by atoms with Crippen LogP contribution in [0.25, 0.3) is 0 Å². The molecule has 6 fully saturated rings. The molecule has 0 spiro atoms. The molecule has 6 rings (SSSR count). The first kappa shape index (κ1) is 30.5. The van der Waals surface area contributed by atoms with Crippen LogP contribution in [0.1, 0.15) is 193 Å². The first-order valence-corrected chi connectivity index (χ1v) is 27.7. The van der Waals surface area contributed by atoms with E-state index in [0.29, 0.717) is 0 Å². The van der Waals surface area contributed by atoms with Crippen molar-refractivity contribution >= 4 is 10.9 Å². The normalized spacial score (nSPS) is 30.5. The Morgan fingerprint density at radius 1 is 0.231 bits per heavy atom. The summed E-state index contributed by atoms with van der Waals surface area (Å²) in [6.07, 6.45) is 49.5. The average molecular weight is 669 g/mol. The summed E-state index contributed by atoms with van der Waals surface area (Å²) >= 11 is 1.30. The van der Waals surface area contributed by atoms with Gasteiger partial charge in [0.15, 0.2) is 0 Å². The van der Waals surface area contributed by atoms with E-state index < -0.39 is 10.9 Å². The molecule has 3 heteroatoms. The SMILES string of the molecule is C1CCC([PH]([Pd][PH](C2CCCCC2)(C2CCCCC2)C2CCCCC2)(C2CCCCC2)C2CCCCC2)CC1. The third-order valence-electron chi connectivity index (χ3n) is 13.5. The van der Waals surface area contributed by atoms with Crippen LogP contribution in [-0.4, -0.2) is 34.0 Å². The summed E-state index contributed by atoms with van der Waals surface area (Å²) in [5.74, 6) is 0. The van der Waals surface area contributed by atoms with Crippen LogP contribution in [0.3, 0.4) is 0 Å². The van der Waals surface area contributed by atoms with Gasteiger partial charge >= 0.3 is 254 Å². The molecule has 0 amide bonds. The van der Waals surface area contributed by atoms with Gasteiger partial charge < -0.3 is 0 Å². The van der Waals surface area contributed by atoms with Gasteiger partial charge in [0.05, 0.1) is 0 Å². The Balaban J connectivity index is 1.49. The van der Waals surface area contributed by atoms with Crippen LogP contribution in [-0.2, 0) is 17.0 Å². The standard InChI is InChI=1S/2C18H33P.Pd/c2*1-4-10-16(11-5-1)19(17-12-6-2-7-13-17)18-14-8-3-9-15-18;/h2*16-18H,1-15H2;/q;;-2/p+2. The van der Waals surface area contributed by atoms with Crippen molar-refractivity contribution in [2.75, 3.05) is 0 Å². The average Bonchev–Trinajstić information content (AvgIpc) is 3.04. The van der Waals surface area contributed by atoms with Gasteiger partial charge in [-0.1, -0.05) is 0 Å². The van der Waals surface area contributed by atoms with Gasteiger partial charge in [-0.15, -0.1) is 0 Å². The topological polar surface area (TPSA) is 0 Å². The Labute approximate surface area is 253 Å². The van der Waals surface area contributed by atoms with Crippen molar-refractivity contribution in [3.05, 3.63) is 0 Å². The minimum absolute atomic E-state index is 1.27. The molecule has 6 saturated carbocycles. The molecule has 232 valence electrons. The van der Waals surface area contributed by atoms with Gasteiger partial charge in [0.1, 0.15) is 0 Å². The predicted octanol–water partition coefficient (Wildman–Crippen LogP) is 12.4. The van der Waals surface area contributed by atoms with E-state index in [4.69, 9.17) is 0 Å². The summed E-state index contributed by atoms with van der Waals surface area (Å²) in [6.45, 7) is 0. The zero-order valence-corrected chi connectivity index (χ0v) is 29.5. The Kier molecular flexibility index (Phi) is 11.8. The van der Waals surface area contributed by atoms with Crippen molar-refractivity contribution in [3.63, 3.8) is 0 Å². The Morgan fingerprint density at radius 3 is 0.538 bits per heavy atom. The third-order valence-corrected chi connectivity index (χ3v) is 49.9. The number of hydrogen-bond donors (Lipinski definition) is 0. The first-order chi connectivity index (χ1) is 19.3. The molecule has 0 unspecified atom stereocenters. The van der Waals surface area contributed by atoms with E-state index in [2.05, 4.69) is 0 Å². The molecule has 0 radical (unpaired) electrons. The Bertz CT molecular complexity index is 550. The zero-order chi connectivity index (χ0) is 26.4. The van der Waals surface area contributed by atoms with Crippen molar-refractivity contribution in [2.24, 2.45) is 0 Å². The first-order valence-electron chi connectivity index (χ1n) is 18.9. The molecular weight excluding hydrogens is 601 g/mol. The van der Waals surface area contributed by atoms with Crippen LogP contribution in [0.2, 0.25) is 0 Å². The summed E-state index contributed by atoms with van der Waals surface area (Å²) in [5.41, 5.74) is 4.90. The van der Waals surface area contributed by atoms with Gasteiger partial charge in [-0.25, -0.2) is 0 Å². The molecule has 0 aromatic carbocycles. The zero-order valence-electron chi connectivity index (χ0n) is 26.0. The fourth-order valence-corrected chi connectivity index (χ4v) is 64.0. The van der Waals surface area contributed by atoms with E-state index in [-0.39, 0.29) is 0 Å². The molecule has 39 heavy (non-hydrogen) atoms. The predicted molar refractivity (Wildman–Crippen MR) is 178 cm³/mol. The van der Waals surface area contributed by atoms with Crippen molar-refractivity contribution in [1.82, 2.24) is 0 Å². The van der Waals surface area contributed by atoms with E-state index in [0.717, 1.165) is 0 Å². The van der Waals surface area contributed by atoms with Crippen LogP contribution in [0.5, 0.6) is 0 Å². The fourth-order valence-electron chi connectivity index (χ4n) is 11.8. The van der Waals surface area contributed by atoms with Gasteiger partial charge in [-0.05, 0) is 0 Å². The number of rotatable bonds is 8. The number of hydrogen-bond acceptors (Lipinski definition) is 0. The molecule has 0 bridgehead atoms. The second-order valence-corrected chi connectivity index (χ2v) is 35.8. The maximum absolute atomic E-state index is 1.71. The van der Waals surface area contributed by atoms with Gasteiger partial charge in [0, 0.05) is 0 Å². The molecular formula is C36H68P2Pd. The minimum atomic E-state index is -1.37. The fraction of sp³-hybridized carbons (Fsp3) is 1.00. The van der Waals surface area contributed by atoms with Crippen LogP contribution < -0.4 is 0 Å². The van der Waals surface area contributed by atoms with Crippen molar-refractivity contribution < 1.29 is 17.0 Å². The molecule has 0 nitrogen and oxygen atoms in total. The molecule has 0 saturated heterocycles. The molecule has 0 aromatic rings. The monoisotopic (exact) mass is 668 g/mol. The summed E-state index contributed by atoms with van der Waals surface area (Å²) in [7, 11) is 0. The molecule has 0 atom stereocenters. The Morgan fingerprint density at radius 2 is 0.385 bits per heavy atom. The van der Waals surface area contributed by atoms with Crippen molar-refractivity contribution in [3.8, 4) is 0 Å². The molecule has 6 aliphatic carbocycles. The van der Waals surface area contributed by atoms with Gasteiger partial charge in [-0.3, -0.25) is 0 Å². The van der Waals surface area contributed by atoms with Crippen molar-refractivity contribution in [1.29, 1.82) is 0 Å². The molecule has 6 aliphatic rings. The molecule has 0 aliphatic heterocycles. The van der Waals surface area contributed by atoms with Gasteiger partial charge in [0.2, 0.25) is 0 Å². The summed E-state index contributed by atoms with van der Waals surface area (Å²) in [6, 6.07) is 0. The summed E-state index contributed by atoms with van der Waals surface area (Å²) < 4.78 is 0. The molecule has 0 N–H and O–H groups in total. The summed E-state index contributed by atoms with van der Waals surface area (Å²) in [4.78, 5) is 0. The van der Waals surface area contributed by atoms with E-state index in [9.17, 15) is 0 Å².